The highest BCUT2D eigenvalue weighted by molar-refractivity contribution is 5.94. The molecule has 5 nitrogen and oxygen atoms in total. The number of benzene rings is 2. The Bertz CT molecular complexity index is 699. The van der Waals surface area contributed by atoms with E-state index >= 15 is 0 Å². The van der Waals surface area contributed by atoms with Gasteiger partial charge in [0.2, 0.25) is 11.8 Å². The van der Waals surface area contributed by atoms with Gasteiger partial charge in [0.1, 0.15) is 12.4 Å². The van der Waals surface area contributed by atoms with Gasteiger partial charge in [-0.3, -0.25) is 9.59 Å². The molecule has 0 atom stereocenters. The van der Waals surface area contributed by atoms with Gasteiger partial charge in [-0.2, -0.15) is 0 Å². The Kier molecular flexibility index (Phi) is 6.37. The highest BCUT2D eigenvalue weighted by atomic mass is 16.5. The third-order valence-electron chi connectivity index (χ3n) is 3.71. The number of rotatable bonds is 9. The highest BCUT2D eigenvalue weighted by Gasteiger charge is 2.10. The lowest BCUT2D eigenvalue weighted by molar-refractivity contribution is -0.118. The van der Waals surface area contributed by atoms with Crippen molar-refractivity contribution in [2.45, 2.75) is 32.3 Å². The highest BCUT2D eigenvalue weighted by Crippen LogP contribution is 2.21. The topological polar surface area (TPSA) is 95.4 Å². The van der Waals surface area contributed by atoms with E-state index in [0.29, 0.717) is 37.2 Å². The molecule has 2 rings (SSSR count). The SMILES string of the molecule is NC(=O)CCCCc1ccc(OCc2ccccc2)cc1C(N)=O. The van der Waals surface area contributed by atoms with Gasteiger partial charge in [0.25, 0.3) is 0 Å². The third-order valence-corrected chi connectivity index (χ3v) is 3.71. The average Bonchev–Trinajstić information content (AvgIpc) is 2.58. The fraction of sp³-hybridized carbons (Fsp3) is 0.263. The summed E-state index contributed by atoms with van der Waals surface area (Å²) >= 11 is 0. The maximum atomic E-state index is 11.7. The van der Waals surface area contributed by atoms with Crippen molar-refractivity contribution in [2.24, 2.45) is 11.5 Å². The summed E-state index contributed by atoms with van der Waals surface area (Å²) in [5, 5.41) is 0. The van der Waals surface area contributed by atoms with Crippen LogP contribution >= 0.6 is 0 Å². The van der Waals surface area contributed by atoms with Gasteiger partial charge >= 0.3 is 0 Å². The largest absolute Gasteiger partial charge is 0.489 e. The number of carbonyl (C=O) groups is 2. The third kappa shape index (κ3) is 5.43. The fourth-order valence-corrected chi connectivity index (χ4v) is 2.45. The molecule has 2 amide bonds. The molecule has 0 aliphatic rings. The Labute approximate surface area is 141 Å². The number of aryl methyl sites for hydroxylation is 1. The molecular weight excluding hydrogens is 304 g/mol. The molecule has 4 N–H and O–H groups in total. The van der Waals surface area contributed by atoms with E-state index in [4.69, 9.17) is 16.2 Å². The molecule has 0 aliphatic heterocycles. The molecule has 24 heavy (non-hydrogen) atoms. The van der Waals surface area contributed by atoms with Crippen molar-refractivity contribution in [3.05, 3.63) is 65.2 Å². The molecule has 0 saturated heterocycles. The summed E-state index contributed by atoms with van der Waals surface area (Å²) in [6.45, 7) is 0.428. The Morgan fingerprint density at radius 2 is 1.71 bits per heavy atom. The van der Waals surface area contributed by atoms with Gasteiger partial charge in [-0.15, -0.1) is 0 Å². The van der Waals surface area contributed by atoms with Crippen LogP contribution in [0.2, 0.25) is 0 Å². The van der Waals surface area contributed by atoms with Crippen LogP contribution in [0, 0.1) is 0 Å². The molecular formula is C19H22N2O3. The molecule has 0 aromatic heterocycles. The molecule has 0 spiro atoms. The number of ether oxygens (including phenoxy) is 1. The maximum Gasteiger partial charge on any atom is 0.249 e. The van der Waals surface area contributed by atoms with Crippen LogP contribution < -0.4 is 16.2 Å². The quantitative estimate of drug-likeness (QED) is 0.693. The number of nitrogens with two attached hydrogens (primary N) is 2. The number of carbonyl (C=O) groups excluding carboxylic acids is 2. The van der Waals surface area contributed by atoms with E-state index in [-0.39, 0.29) is 5.91 Å². The zero-order valence-corrected chi connectivity index (χ0v) is 13.5. The van der Waals surface area contributed by atoms with Gasteiger partial charge in [-0.05, 0) is 42.5 Å². The van der Waals surface area contributed by atoms with Gasteiger partial charge in [-0.1, -0.05) is 36.4 Å². The van der Waals surface area contributed by atoms with Crippen LogP contribution in [0.25, 0.3) is 0 Å². The van der Waals surface area contributed by atoms with Crippen LogP contribution in [0.15, 0.2) is 48.5 Å². The lowest BCUT2D eigenvalue weighted by Gasteiger charge is -2.11. The molecule has 0 unspecified atom stereocenters. The molecule has 0 bridgehead atoms. The predicted octanol–water partition coefficient (Wildman–Crippen LogP) is 2.56. The number of unbranched alkanes of at least 4 members (excludes halogenated alkanes) is 1. The molecule has 0 aliphatic carbocycles. The number of amides is 2. The van der Waals surface area contributed by atoms with Crippen LogP contribution in [0.3, 0.4) is 0 Å². The zero-order chi connectivity index (χ0) is 17.4. The van der Waals surface area contributed by atoms with Crippen LogP contribution in [0.5, 0.6) is 5.75 Å². The number of hydrogen-bond acceptors (Lipinski definition) is 3. The van der Waals surface area contributed by atoms with E-state index in [0.717, 1.165) is 17.5 Å². The standard InChI is InChI=1S/C19H22N2O3/c20-18(22)9-5-4-8-15-10-11-16(12-17(15)19(21)23)24-13-14-6-2-1-3-7-14/h1-3,6-7,10-12H,4-5,8-9,13H2,(H2,20,22)(H2,21,23). The van der Waals surface area contributed by atoms with Crippen LogP contribution in [-0.2, 0) is 17.8 Å². The minimum Gasteiger partial charge on any atom is -0.489 e. The molecule has 5 heteroatoms. The smallest absolute Gasteiger partial charge is 0.249 e. The molecule has 0 fully saturated rings. The molecule has 0 radical (unpaired) electrons. The molecule has 0 heterocycles. The van der Waals surface area contributed by atoms with Crippen LogP contribution in [-0.4, -0.2) is 11.8 Å². The summed E-state index contributed by atoms with van der Waals surface area (Å²) in [5.74, 6) is -0.187. The van der Waals surface area contributed by atoms with E-state index in [2.05, 4.69) is 0 Å². The summed E-state index contributed by atoms with van der Waals surface area (Å²) in [6.07, 6.45) is 2.49. The zero-order valence-electron chi connectivity index (χ0n) is 13.5. The second-order valence-corrected chi connectivity index (χ2v) is 5.63. The van der Waals surface area contributed by atoms with Gasteiger partial charge in [-0.25, -0.2) is 0 Å². The van der Waals surface area contributed by atoms with Gasteiger partial charge in [0, 0.05) is 12.0 Å². The Morgan fingerprint density at radius 1 is 0.958 bits per heavy atom. The second-order valence-electron chi connectivity index (χ2n) is 5.63. The Hall–Kier alpha value is -2.82. The van der Waals surface area contributed by atoms with Crippen molar-refractivity contribution in [1.82, 2.24) is 0 Å². The van der Waals surface area contributed by atoms with Crippen molar-refractivity contribution in [3.63, 3.8) is 0 Å². The summed E-state index contributed by atoms with van der Waals surface area (Å²) in [4.78, 5) is 22.4. The van der Waals surface area contributed by atoms with E-state index in [1.807, 2.05) is 42.5 Å². The molecule has 2 aromatic carbocycles. The minimum atomic E-state index is -0.481. The Morgan fingerprint density at radius 3 is 2.38 bits per heavy atom. The summed E-state index contributed by atoms with van der Waals surface area (Å²) in [7, 11) is 0. The summed E-state index contributed by atoms with van der Waals surface area (Å²) < 4.78 is 5.73. The van der Waals surface area contributed by atoms with Crippen molar-refractivity contribution >= 4 is 11.8 Å². The lowest BCUT2D eigenvalue weighted by Crippen LogP contribution is -2.14. The van der Waals surface area contributed by atoms with E-state index in [1.165, 1.54) is 0 Å². The second kappa shape index (κ2) is 8.72. The van der Waals surface area contributed by atoms with Crippen molar-refractivity contribution in [3.8, 4) is 5.75 Å². The predicted molar refractivity (Wildman–Crippen MR) is 92.5 cm³/mol. The van der Waals surface area contributed by atoms with Crippen LogP contribution in [0.4, 0.5) is 0 Å². The van der Waals surface area contributed by atoms with Gasteiger partial charge in [0.15, 0.2) is 0 Å². The maximum absolute atomic E-state index is 11.7. The first-order chi connectivity index (χ1) is 11.6. The van der Waals surface area contributed by atoms with E-state index in [1.54, 1.807) is 6.07 Å². The molecule has 0 saturated carbocycles. The van der Waals surface area contributed by atoms with Crippen LogP contribution in [0.1, 0.15) is 40.7 Å². The summed E-state index contributed by atoms with van der Waals surface area (Å²) in [6, 6.07) is 15.1. The van der Waals surface area contributed by atoms with Crippen molar-refractivity contribution in [2.75, 3.05) is 0 Å². The van der Waals surface area contributed by atoms with Gasteiger partial charge < -0.3 is 16.2 Å². The monoisotopic (exact) mass is 326 g/mol. The van der Waals surface area contributed by atoms with Crippen molar-refractivity contribution in [1.29, 1.82) is 0 Å². The Balaban J connectivity index is 2.00. The van der Waals surface area contributed by atoms with E-state index < -0.39 is 5.91 Å². The number of primary amides is 2. The van der Waals surface area contributed by atoms with Crippen molar-refractivity contribution < 1.29 is 14.3 Å². The first-order valence-electron chi connectivity index (χ1n) is 7.94. The van der Waals surface area contributed by atoms with E-state index in [9.17, 15) is 9.59 Å². The van der Waals surface area contributed by atoms with Gasteiger partial charge in [0.05, 0.1) is 0 Å². The first kappa shape index (κ1) is 17.5. The summed E-state index contributed by atoms with van der Waals surface area (Å²) in [5.41, 5.74) is 13.0. The fourth-order valence-electron chi connectivity index (χ4n) is 2.45. The minimum absolute atomic E-state index is 0.310. The molecule has 126 valence electrons. The number of hydrogen-bond donors (Lipinski definition) is 2. The average molecular weight is 326 g/mol. The molecule has 2 aromatic rings. The lowest BCUT2D eigenvalue weighted by atomic mass is 10.0. The first-order valence-corrected chi connectivity index (χ1v) is 7.94. The normalized spacial score (nSPS) is 10.3.